The Hall–Kier alpha value is -2.62. The smallest absolute Gasteiger partial charge is 0.229 e. The Balaban J connectivity index is 1.68. The summed E-state index contributed by atoms with van der Waals surface area (Å²) in [4.78, 5) is 26.7. The Morgan fingerprint density at radius 3 is 2.38 bits per heavy atom. The van der Waals surface area contributed by atoms with Gasteiger partial charge in [0.1, 0.15) is 0 Å². The predicted octanol–water partition coefficient (Wildman–Crippen LogP) is 4.42. The summed E-state index contributed by atoms with van der Waals surface area (Å²) in [6.07, 6.45) is 0.253. The van der Waals surface area contributed by atoms with Crippen LogP contribution in [0.5, 0.6) is 0 Å². The van der Waals surface area contributed by atoms with Gasteiger partial charge in [-0.1, -0.05) is 32.0 Å². The van der Waals surface area contributed by atoms with E-state index >= 15 is 0 Å². The molecule has 0 bridgehead atoms. The van der Waals surface area contributed by atoms with E-state index in [1.165, 1.54) is 11.1 Å². The molecule has 0 aromatic heterocycles. The van der Waals surface area contributed by atoms with Gasteiger partial charge in [-0.3, -0.25) is 9.59 Å². The number of benzene rings is 2. The van der Waals surface area contributed by atoms with E-state index in [0.29, 0.717) is 12.5 Å². The highest BCUT2D eigenvalue weighted by Crippen LogP contribution is 2.27. The first-order chi connectivity index (χ1) is 12.3. The zero-order valence-electron chi connectivity index (χ0n) is 15.9. The number of rotatable bonds is 4. The molecule has 2 amide bonds. The van der Waals surface area contributed by atoms with E-state index in [4.69, 9.17) is 0 Å². The van der Waals surface area contributed by atoms with Crippen molar-refractivity contribution in [1.82, 2.24) is 0 Å². The molecule has 1 aliphatic rings. The molecule has 1 saturated heterocycles. The fourth-order valence-corrected chi connectivity index (χ4v) is 3.24. The molecule has 0 saturated carbocycles. The van der Waals surface area contributed by atoms with Crippen LogP contribution in [0.25, 0.3) is 0 Å². The fraction of sp³-hybridized carbons (Fsp3) is 0.364. The third-order valence-corrected chi connectivity index (χ3v) is 5.14. The Morgan fingerprint density at radius 2 is 1.77 bits per heavy atom. The summed E-state index contributed by atoms with van der Waals surface area (Å²) in [6.45, 7) is 8.77. The van der Waals surface area contributed by atoms with Crippen LogP contribution in [-0.2, 0) is 9.59 Å². The molecule has 1 atom stereocenters. The van der Waals surface area contributed by atoms with Crippen molar-refractivity contribution in [1.29, 1.82) is 0 Å². The van der Waals surface area contributed by atoms with Gasteiger partial charge in [-0.2, -0.15) is 0 Å². The van der Waals surface area contributed by atoms with Gasteiger partial charge in [0, 0.05) is 24.3 Å². The van der Waals surface area contributed by atoms with Crippen LogP contribution < -0.4 is 10.2 Å². The molecule has 0 spiro atoms. The highest BCUT2D eigenvalue weighted by atomic mass is 16.2. The van der Waals surface area contributed by atoms with Crippen molar-refractivity contribution in [3.63, 3.8) is 0 Å². The van der Waals surface area contributed by atoms with Crippen LogP contribution in [0.15, 0.2) is 42.5 Å². The van der Waals surface area contributed by atoms with Gasteiger partial charge in [-0.15, -0.1) is 0 Å². The number of aryl methyl sites for hydroxylation is 2. The van der Waals surface area contributed by atoms with Gasteiger partial charge in [-0.25, -0.2) is 0 Å². The molecule has 1 aliphatic heterocycles. The first-order valence-corrected chi connectivity index (χ1v) is 9.13. The summed E-state index contributed by atoms with van der Waals surface area (Å²) in [5.74, 6) is 0.0362. The van der Waals surface area contributed by atoms with Gasteiger partial charge in [-0.05, 0) is 60.7 Å². The number of amides is 2. The van der Waals surface area contributed by atoms with Crippen molar-refractivity contribution < 1.29 is 9.59 Å². The van der Waals surface area contributed by atoms with Gasteiger partial charge >= 0.3 is 0 Å². The lowest BCUT2D eigenvalue weighted by Gasteiger charge is -2.18. The molecule has 1 heterocycles. The summed E-state index contributed by atoms with van der Waals surface area (Å²) in [5.41, 5.74) is 5.21. The van der Waals surface area contributed by atoms with Crippen molar-refractivity contribution >= 4 is 23.2 Å². The van der Waals surface area contributed by atoms with E-state index in [1.54, 1.807) is 4.90 Å². The monoisotopic (exact) mass is 350 g/mol. The molecule has 26 heavy (non-hydrogen) atoms. The van der Waals surface area contributed by atoms with Crippen molar-refractivity contribution in [3.8, 4) is 0 Å². The first-order valence-electron chi connectivity index (χ1n) is 9.13. The van der Waals surface area contributed by atoms with Crippen LogP contribution in [0.4, 0.5) is 11.4 Å². The maximum absolute atomic E-state index is 12.6. The van der Waals surface area contributed by atoms with Crippen molar-refractivity contribution in [2.75, 3.05) is 16.8 Å². The van der Waals surface area contributed by atoms with Gasteiger partial charge in [0.05, 0.1) is 5.92 Å². The Morgan fingerprint density at radius 1 is 1.08 bits per heavy atom. The SMILES string of the molecule is Cc1ccc(NC(=O)[C@@H]2CC(=O)N(c3ccc(C(C)C)cc3)C2)cc1C. The predicted molar refractivity (Wildman–Crippen MR) is 106 cm³/mol. The number of hydrogen-bond donors (Lipinski definition) is 1. The van der Waals surface area contributed by atoms with Gasteiger partial charge in [0.25, 0.3) is 0 Å². The minimum atomic E-state index is -0.325. The molecule has 136 valence electrons. The number of carbonyl (C=O) groups is 2. The van der Waals surface area contributed by atoms with Gasteiger partial charge in [0.15, 0.2) is 0 Å². The Kier molecular flexibility index (Phi) is 5.12. The highest BCUT2D eigenvalue weighted by Gasteiger charge is 2.35. The molecule has 1 fully saturated rings. The van der Waals surface area contributed by atoms with E-state index in [1.807, 2.05) is 44.2 Å². The maximum atomic E-state index is 12.6. The lowest BCUT2D eigenvalue weighted by atomic mass is 10.0. The summed E-state index contributed by atoms with van der Waals surface area (Å²) < 4.78 is 0. The number of anilines is 2. The van der Waals surface area contributed by atoms with Gasteiger partial charge in [0.2, 0.25) is 11.8 Å². The van der Waals surface area contributed by atoms with Crippen molar-refractivity contribution in [3.05, 3.63) is 59.2 Å². The normalized spacial score (nSPS) is 17.0. The van der Waals surface area contributed by atoms with Crippen LogP contribution in [0.3, 0.4) is 0 Å². The standard InChI is InChI=1S/C22H26N2O2/c1-14(2)17-6-9-20(10-7-17)24-13-18(12-21(24)25)22(26)23-19-8-5-15(3)16(4)11-19/h5-11,14,18H,12-13H2,1-4H3,(H,23,26)/t18-/m1/s1. The van der Waals surface area contributed by atoms with Crippen molar-refractivity contribution in [2.45, 2.75) is 40.0 Å². The minimum Gasteiger partial charge on any atom is -0.326 e. The molecular weight excluding hydrogens is 324 g/mol. The molecule has 4 nitrogen and oxygen atoms in total. The Bertz CT molecular complexity index is 825. The number of hydrogen-bond acceptors (Lipinski definition) is 2. The lowest BCUT2D eigenvalue weighted by molar-refractivity contribution is -0.122. The number of nitrogens with one attached hydrogen (secondary N) is 1. The van der Waals surface area contributed by atoms with Crippen LogP contribution in [-0.4, -0.2) is 18.4 Å². The largest absolute Gasteiger partial charge is 0.326 e. The fourth-order valence-electron chi connectivity index (χ4n) is 3.24. The van der Waals surface area contributed by atoms with Crippen molar-refractivity contribution in [2.24, 2.45) is 5.92 Å². The second-order valence-corrected chi connectivity index (χ2v) is 7.44. The molecular formula is C22H26N2O2. The number of nitrogens with zero attached hydrogens (tertiary/aromatic N) is 1. The molecule has 2 aromatic carbocycles. The van der Waals surface area contributed by atoms with Crippen LogP contribution >= 0.6 is 0 Å². The molecule has 0 aliphatic carbocycles. The quantitative estimate of drug-likeness (QED) is 0.887. The van der Waals surface area contributed by atoms with Gasteiger partial charge < -0.3 is 10.2 Å². The average Bonchev–Trinajstić information content (AvgIpc) is 3.00. The second kappa shape index (κ2) is 7.32. The highest BCUT2D eigenvalue weighted by molar-refractivity contribution is 6.03. The molecule has 1 N–H and O–H groups in total. The van der Waals surface area contributed by atoms with E-state index in [0.717, 1.165) is 16.9 Å². The molecule has 0 unspecified atom stereocenters. The average molecular weight is 350 g/mol. The summed E-state index contributed by atoms with van der Waals surface area (Å²) >= 11 is 0. The third kappa shape index (κ3) is 3.79. The number of carbonyl (C=O) groups excluding carboxylic acids is 2. The second-order valence-electron chi connectivity index (χ2n) is 7.44. The molecule has 4 heteroatoms. The van der Waals surface area contributed by atoms with Crippen LogP contribution in [0.1, 0.15) is 42.9 Å². The summed E-state index contributed by atoms with van der Waals surface area (Å²) in [6, 6.07) is 13.9. The molecule has 2 aromatic rings. The third-order valence-electron chi connectivity index (χ3n) is 5.14. The topological polar surface area (TPSA) is 49.4 Å². The van der Waals surface area contributed by atoms with E-state index < -0.39 is 0 Å². The Labute approximate surface area is 155 Å². The minimum absolute atomic E-state index is 0.00235. The zero-order valence-corrected chi connectivity index (χ0v) is 15.9. The molecule has 0 radical (unpaired) electrons. The summed E-state index contributed by atoms with van der Waals surface area (Å²) in [7, 11) is 0. The first kappa shape index (κ1) is 18.2. The lowest BCUT2D eigenvalue weighted by Crippen LogP contribution is -2.28. The maximum Gasteiger partial charge on any atom is 0.229 e. The zero-order chi connectivity index (χ0) is 18.8. The summed E-state index contributed by atoms with van der Waals surface area (Å²) in [5, 5.41) is 2.95. The molecule has 3 rings (SSSR count). The van der Waals surface area contributed by atoms with E-state index in [9.17, 15) is 9.59 Å². The van der Waals surface area contributed by atoms with Crippen LogP contribution in [0.2, 0.25) is 0 Å². The van der Waals surface area contributed by atoms with E-state index in [-0.39, 0.29) is 24.2 Å². The van der Waals surface area contributed by atoms with E-state index in [2.05, 4.69) is 31.3 Å². The van der Waals surface area contributed by atoms with Crippen LogP contribution in [0, 0.1) is 19.8 Å².